The minimum Gasteiger partial charge on any atom is -0.469 e. The molecule has 2 bridgehead atoms. The van der Waals surface area contributed by atoms with Gasteiger partial charge in [0.2, 0.25) is 0 Å². The molecule has 28 heavy (non-hydrogen) atoms. The van der Waals surface area contributed by atoms with E-state index in [0.29, 0.717) is 24.0 Å². The van der Waals surface area contributed by atoms with Crippen LogP contribution >= 0.6 is 0 Å². The van der Waals surface area contributed by atoms with Crippen LogP contribution in [-0.4, -0.2) is 54.6 Å². The Balaban J connectivity index is 1.64. The molecule has 4 aliphatic carbocycles. The molecule has 1 N–H and O–H groups in total. The normalized spacial score (nSPS) is 51.3. The minimum atomic E-state index is -0.630. The zero-order chi connectivity index (χ0) is 19.4. The molecule has 6 rings (SSSR count). The molecule has 6 aliphatic rings. The van der Waals surface area contributed by atoms with Crippen molar-refractivity contribution >= 4 is 11.8 Å². The predicted octanol–water partition coefficient (Wildman–Crippen LogP) is 2.18. The van der Waals surface area contributed by atoms with Crippen LogP contribution in [0.15, 0.2) is 11.1 Å². The lowest BCUT2D eigenvalue weighted by Gasteiger charge is -2.60. The number of aliphatic hydroxyl groups is 1. The van der Waals surface area contributed by atoms with Gasteiger partial charge in [-0.25, -0.2) is 0 Å². The number of piperidine rings is 1. The van der Waals surface area contributed by atoms with Crippen molar-refractivity contribution in [1.82, 2.24) is 4.90 Å². The summed E-state index contributed by atoms with van der Waals surface area (Å²) in [4.78, 5) is 29.7. The Morgan fingerprint density at radius 1 is 1.25 bits per heavy atom. The Hall–Kier alpha value is -1.20. The fourth-order valence-electron chi connectivity index (χ4n) is 9.12. The second-order valence-electron chi connectivity index (χ2n) is 10.5. The number of ether oxygens (including phenoxy) is 1. The summed E-state index contributed by atoms with van der Waals surface area (Å²) in [6.45, 7) is 4.28. The Labute approximate surface area is 166 Å². The van der Waals surface area contributed by atoms with Crippen LogP contribution in [0.25, 0.3) is 0 Å². The highest BCUT2D eigenvalue weighted by Gasteiger charge is 2.77. The molecule has 0 aromatic rings. The van der Waals surface area contributed by atoms with Crippen molar-refractivity contribution in [1.29, 1.82) is 0 Å². The molecule has 0 radical (unpaired) electrons. The van der Waals surface area contributed by atoms with Crippen LogP contribution in [0.5, 0.6) is 0 Å². The third-order valence-corrected chi connectivity index (χ3v) is 10.00. The molecule has 8 atom stereocenters. The largest absolute Gasteiger partial charge is 0.469 e. The number of ketones is 1. The van der Waals surface area contributed by atoms with Crippen molar-refractivity contribution in [3.8, 4) is 0 Å². The number of methoxy groups -OCH3 is 1. The number of rotatable bonds is 2. The molecular weight excluding hydrogens is 354 g/mol. The first-order valence-electron chi connectivity index (χ1n) is 11.2. The summed E-state index contributed by atoms with van der Waals surface area (Å²) in [6, 6.07) is 0.283. The maximum Gasteiger partial charge on any atom is 0.309 e. The van der Waals surface area contributed by atoms with E-state index in [9.17, 15) is 14.7 Å². The van der Waals surface area contributed by atoms with Crippen LogP contribution in [0, 0.1) is 40.4 Å². The number of Topliss-reactive ketones (excluding diaryl/α,β-unsaturated/α-hetero) is 1. The average molecular weight is 386 g/mol. The van der Waals surface area contributed by atoms with Crippen LogP contribution < -0.4 is 0 Å². The van der Waals surface area contributed by atoms with Gasteiger partial charge in [-0.1, -0.05) is 18.1 Å². The van der Waals surface area contributed by atoms with Gasteiger partial charge in [-0.15, -0.1) is 0 Å². The number of carbonyl (C=O) groups excluding carboxylic acids is 2. The van der Waals surface area contributed by atoms with E-state index >= 15 is 0 Å². The lowest BCUT2D eigenvalue weighted by molar-refractivity contribution is -0.166. The maximum atomic E-state index is 14.3. The number of nitrogens with zero attached hydrogens (tertiary/aromatic N) is 1. The molecule has 8 unspecified atom stereocenters. The first kappa shape index (κ1) is 17.6. The molecule has 2 saturated heterocycles. The zero-order valence-corrected chi connectivity index (χ0v) is 16.9. The van der Waals surface area contributed by atoms with Crippen molar-refractivity contribution in [3.63, 3.8) is 0 Å². The molecule has 4 fully saturated rings. The van der Waals surface area contributed by atoms with Gasteiger partial charge in [0.1, 0.15) is 5.78 Å². The van der Waals surface area contributed by atoms with E-state index in [0.717, 1.165) is 45.2 Å². The Morgan fingerprint density at radius 3 is 2.79 bits per heavy atom. The van der Waals surface area contributed by atoms with Crippen LogP contribution in [0.1, 0.15) is 45.4 Å². The van der Waals surface area contributed by atoms with Gasteiger partial charge in [0.25, 0.3) is 0 Å². The van der Waals surface area contributed by atoms with Gasteiger partial charge >= 0.3 is 5.97 Å². The van der Waals surface area contributed by atoms with E-state index in [2.05, 4.69) is 11.8 Å². The summed E-state index contributed by atoms with van der Waals surface area (Å²) < 4.78 is 5.21. The summed E-state index contributed by atoms with van der Waals surface area (Å²) in [6.07, 6.45) is 5.59. The number of aliphatic hydroxyl groups excluding tert-OH is 1. The third-order valence-electron chi connectivity index (χ3n) is 10.00. The van der Waals surface area contributed by atoms with Gasteiger partial charge in [-0.05, 0) is 56.3 Å². The lowest BCUT2D eigenvalue weighted by atomic mass is 9.45. The summed E-state index contributed by atoms with van der Waals surface area (Å²) in [7, 11) is 1.47. The Bertz CT molecular complexity index is 804. The molecule has 2 heterocycles. The SMILES string of the molecule is COC(=O)C1CC23C(=O)C4CC5N(CC4C)CC(CCC4=C2C1CC4)C53CO. The highest BCUT2D eigenvalue weighted by Crippen LogP contribution is 2.74. The van der Waals surface area contributed by atoms with Crippen molar-refractivity contribution in [2.24, 2.45) is 40.4 Å². The summed E-state index contributed by atoms with van der Waals surface area (Å²) in [5.74, 6) is 0.923. The number of hydrogen-bond donors (Lipinski definition) is 1. The second-order valence-corrected chi connectivity index (χ2v) is 10.5. The quantitative estimate of drug-likeness (QED) is 0.583. The van der Waals surface area contributed by atoms with E-state index < -0.39 is 10.8 Å². The molecule has 5 heteroatoms. The van der Waals surface area contributed by atoms with Gasteiger partial charge in [0.15, 0.2) is 0 Å². The molecule has 152 valence electrons. The summed E-state index contributed by atoms with van der Waals surface area (Å²) >= 11 is 0. The topological polar surface area (TPSA) is 66.8 Å². The lowest BCUT2D eigenvalue weighted by Crippen LogP contribution is -2.67. The fraction of sp³-hybridized carbons (Fsp3) is 0.826. The molecule has 5 nitrogen and oxygen atoms in total. The standard InChI is InChI=1S/C23H31NO4/c1-12-9-24-10-14-5-3-13-4-6-15-17(21(27)28-2)8-22(19(13)15)20(26)16(12)7-18(24)23(14,22)11-25/h12,14-18,25H,3-11H2,1-2H3. The monoisotopic (exact) mass is 385 g/mol. The van der Waals surface area contributed by atoms with E-state index in [1.807, 2.05) is 0 Å². The first-order valence-corrected chi connectivity index (χ1v) is 11.2. The number of carbonyl (C=O) groups is 2. The summed E-state index contributed by atoms with van der Waals surface area (Å²) in [5, 5.41) is 11.0. The molecule has 0 amide bonds. The van der Waals surface area contributed by atoms with Gasteiger partial charge in [0, 0.05) is 30.5 Å². The summed E-state index contributed by atoms with van der Waals surface area (Å²) in [5.41, 5.74) is 1.72. The Kier molecular flexibility index (Phi) is 3.45. The second kappa shape index (κ2) is 5.48. The van der Waals surface area contributed by atoms with Crippen LogP contribution in [-0.2, 0) is 14.3 Å². The molecule has 0 aromatic carbocycles. The van der Waals surface area contributed by atoms with Crippen LogP contribution in [0.4, 0.5) is 0 Å². The number of fused-ring (bicyclic) bond motifs is 1. The third kappa shape index (κ3) is 1.67. The van der Waals surface area contributed by atoms with Crippen LogP contribution in [0.2, 0.25) is 0 Å². The molecule has 2 saturated carbocycles. The van der Waals surface area contributed by atoms with E-state index in [-0.39, 0.29) is 36.4 Å². The van der Waals surface area contributed by atoms with E-state index in [1.54, 1.807) is 0 Å². The molecule has 1 spiro atoms. The predicted molar refractivity (Wildman–Crippen MR) is 102 cm³/mol. The van der Waals surface area contributed by atoms with E-state index in [1.165, 1.54) is 18.3 Å². The number of esters is 1. The first-order chi connectivity index (χ1) is 13.5. The van der Waals surface area contributed by atoms with Gasteiger partial charge in [-0.3, -0.25) is 14.5 Å². The minimum absolute atomic E-state index is 0.0725. The zero-order valence-electron chi connectivity index (χ0n) is 16.9. The van der Waals surface area contributed by atoms with Crippen molar-refractivity contribution in [3.05, 3.63) is 11.1 Å². The molecular formula is C23H31NO4. The highest BCUT2D eigenvalue weighted by molar-refractivity contribution is 5.95. The number of hydrogen-bond acceptors (Lipinski definition) is 5. The van der Waals surface area contributed by atoms with Crippen molar-refractivity contribution in [2.75, 3.05) is 26.8 Å². The maximum absolute atomic E-state index is 14.3. The average Bonchev–Trinajstić information content (AvgIpc) is 3.33. The van der Waals surface area contributed by atoms with Gasteiger partial charge in [0.05, 0.1) is 25.0 Å². The number of allylic oxidation sites excluding steroid dienone is 2. The van der Waals surface area contributed by atoms with Crippen molar-refractivity contribution < 1.29 is 19.4 Å². The highest BCUT2D eigenvalue weighted by atomic mass is 16.5. The Morgan fingerprint density at radius 2 is 2.04 bits per heavy atom. The fourth-order valence-corrected chi connectivity index (χ4v) is 9.12. The van der Waals surface area contributed by atoms with Gasteiger partial charge in [-0.2, -0.15) is 0 Å². The van der Waals surface area contributed by atoms with Crippen LogP contribution in [0.3, 0.4) is 0 Å². The molecule has 2 aliphatic heterocycles. The van der Waals surface area contributed by atoms with Gasteiger partial charge < -0.3 is 9.84 Å². The van der Waals surface area contributed by atoms with Crippen molar-refractivity contribution in [2.45, 2.75) is 51.5 Å². The van der Waals surface area contributed by atoms with E-state index in [4.69, 9.17) is 4.74 Å². The molecule has 0 aromatic heterocycles. The smallest absolute Gasteiger partial charge is 0.309 e.